The van der Waals surface area contributed by atoms with Crippen molar-refractivity contribution in [2.24, 2.45) is 0 Å². The maximum Gasteiger partial charge on any atom is 0.123 e. The van der Waals surface area contributed by atoms with Gasteiger partial charge in [-0.25, -0.2) is 4.39 Å². The molecule has 0 atom stereocenters. The van der Waals surface area contributed by atoms with Crippen LogP contribution in [0.4, 0.5) is 4.39 Å². The predicted molar refractivity (Wildman–Crippen MR) is 72.7 cm³/mol. The van der Waals surface area contributed by atoms with Crippen molar-refractivity contribution in [1.29, 1.82) is 0 Å². The molecular weight excluding hydrogens is 251 g/mol. The van der Waals surface area contributed by atoms with E-state index >= 15 is 0 Å². The molecule has 0 heterocycles. The Balaban J connectivity index is 2.27. The van der Waals surface area contributed by atoms with Crippen molar-refractivity contribution >= 4 is 23.8 Å². The van der Waals surface area contributed by atoms with E-state index in [1.54, 1.807) is 30.3 Å². The topological polar surface area (TPSA) is 20.2 Å². The van der Waals surface area contributed by atoms with Gasteiger partial charge < -0.3 is 5.11 Å². The maximum atomic E-state index is 12.7. The third kappa shape index (κ3) is 3.19. The highest BCUT2D eigenvalue weighted by atomic mass is 35.5. The molecule has 0 fully saturated rings. The molecule has 0 bridgehead atoms. The highest BCUT2D eigenvalue weighted by Crippen LogP contribution is 2.19. The monoisotopic (exact) mass is 262 g/mol. The van der Waals surface area contributed by atoms with Crippen molar-refractivity contribution in [2.75, 3.05) is 0 Å². The number of benzene rings is 2. The summed E-state index contributed by atoms with van der Waals surface area (Å²) >= 11 is 5.91. The maximum absolute atomic E-state index is 12.7. The summed E-state index contributed by atoms with van der Waals surface area (Å²) < 4.78 is 12.7. The van der Waals surface area contributed by atoms with E-state index in [1.807, 2.05) is 12.2 Å². The number of halogens is 2. The molecule has 2 aromatic rings. The van der Waals surface area contributed by atoms with Crippen molar-refractivity contribution < 1.29 is 9.50 Å². The second-order valence-corrected chi connectivity index (χ2v) is 4.32. The number of rotatable bonds is 3. The van der Waals surface area contributed by atoms with Crippen LogP contribution in [-0.4, -0.2) is 5.11 Å². The largest absolute Gasteiger partial charge is 0.392 e. The fourth-order valence-electron chi connectivity index (χ4n) is 1.62. The summed E-state index contributed by atoms with van der Waals surface area (Å²) in [5.41, 5.74) is 2.55. The van der Waals surface area contributed by atoms with E-state index in [-0.39, 0.29) is 12.4 Å². The first-order valence-electron chi connectivity index (χ1n) is 5.52. The first-order chi connectivity index (χ1) is 8.69. The van der Waals surface area contributed by atoms with Crippen LogP contribution in [-0.2, 0) is 6.61 Å². The third-order valence-corrected chi connectivity index (χ3v) is 2.84. The molecule has 2 rings (SSSR count). The van der Waals surface area contributed by atoms with Crippen LogP contribution >= 0.6 is 11.6 Å². The van der Waals surface area contributed by atoms with Gasteiger partial charge in [-0.2, -0.15) is 0 Å². The quantitative estimate of drug-likeness (QED) is 0.824. The lowest BCUT2D eigenvalue weighted by atomic mass is 10.1. The highest BCUT2D eigenvalue weighted by Gasteiger charge is 1.99. The molecule has 2 aromatic carbocycles. The van der Waals surface area contributed by atoms with E-state index < -0.39 is 0 Å². The van der Waals surface area contributed by atoms with Crippen molar-refractivity contribution in [1.82, 2.24) is 0 Å². The van der Waals surface area contributed by atoms with Crippen LogP contribution < -0.4 is 0 Å². The molecule has 0 unspecified atom stereocenters. The molecule has 92 valence electrons. The Labute approximate surface area is 110 Å². The minimum Gasteiger partial charge on any atom is -0.392 e. The van der Waals surface area contributed by atoms with E-state index in [4.69, 9.17) is 11.6 Å². The normalized spacial score (nSPS) is 11.1. The Hall–Kier alpha value is -1.64. The minimum atomic E-state index is -0.258. The number of aliphatic hydroxyl groups excluding tert-OH is 1. The molecule has 18 heavy (non-hydrogen) atoms. The van der Waals surface area contributed by atoms with Gasteiger partial charge in [0, 0.05) is 5.02 Å². The van der Waals surface area contributed by atoms with Crippen LogP contribution in [0.15, 0.2) is 42.5 Å². The fraction of sp³-hybridized carbons (Fsp3) is 0.0667. The Morgan fingerprint density at radius 3 is 2.44 bits per heavy atom. The molecule has 3 heteroatoms. The Morgan fingerprint density at radius 1 is 1.06 bits per heavy atom. The van der Waals surface area contributed by atoms with Crippen LogP contribution in [0.25, 0.3) is 12.2 Å². The Morgan fingerprint density at radius 2 is 1.78 bits per heavy atom. The lowest BCUT2D eigenvalue weighted by Gasteiger charge is -2.03. The van der Waals surface area contributed by atoms with E-state index in [1.165, 1.54) is 12.1 Å². The summed E-state index contributed by atoms with van der Waals surface area (Å²) in [6.45, 7) is -0.0414. The summed E-state index contributed by atoms with van der Waals surface area (Å²) in [5.74, 6) is -0.258. The standard InChI is InChI=1S/C15H12ClFO/c16-14-6-5-13(10-18)12(9-14)4-1-11-2-7-15(17)8-3-11/h1-9,18H,10H2. The molecule has 0 radical (unpaired) electrons. The van der Waals surface area contributed by atoms with Gasteiger partial charge in [-0.1, -0.05) is 42.0 Å². The van der Waals surface area contributed by atoms with Crippen molar-refractivity contribution in [3.8, 4) is 0 Å². The molecule has 0 saturated carbocycles. The van der Waals surface area contributed by atoms with Gasteiger partial charge in [0.25, 0.3) is 0 Å². The first kappa shape index (κ1) is 12.8. The molecule has 0 spiro atoms. The zero-order valence-electron chi connectivity index (χ0n) is 9.61. The SMILES string of the molecule is OCc1ccc(Cl)cc1C=Cc1ccc(F)cc1. The Bertz CT molecular complexity index is 561. The van der Waals surface area contributed by atoms with E-state index in [0.717, 1.165) is 16.7 Å². The number of hydrogen-bond donors (Lipinski definition) is 1. The Kier molecular flexibility index (Phi) is 4.13. The molecule has 0 saturated heterocycles. The third-order valence-electron chi connectivity index (χ3n) is 2.60. The number of aliphatic hydroxyl groups is 1. The second-order valence-electron chi connectivity index (χ2n) is 3.89. The van der Waals surface area contributed by atoms with E-state index in [0.29, 0.717) is 5.02 Å². The summed E-state index contributed by atoms with van der Waals surface area (Å²) in [7, 11) is 0. The average molecular weight is 263 g/mol. The van der Waals surface area contributed by atoms with Crippen molar-refractivity contribution in [3.63, 3.8) is 0 Å². The smallest absolute Gasteiger partial charge is 0.123 e. The summed E-state index contributed by atoms with van der Waals surface area (Å²) in [6.07, 6.45) is 3.70. The zero-order valence-corrected chi connectivity index (χ0v) is 10.4. The molecule has 0 aliphatic carbocycles. The highest BCUT2D eigenvalue weighted by molar-refractivity contribution is 6.30. The molecule has 0 amide bonds. The van der Waals surface area contributed by atoms with Crippen molar-refractivity contribution in [3.05, 3.63) is 70.0 Å². The van der Waals surface area contributed by atoms with Gasteiger partial charge in [-0.05, 0) is 41.0 Å². The molecule has 1 N–H and O–H groups in total. The van der Waals surface area contributed by atoms with Crippen LogP contribution in [0, 0.1) is 5.82 Å². The van der Waals surface area contributed by atoms with Gasteiger partial charge >= 0.3 is 0 Å². The lowest BCUT2D eigenvalue weighted by Crippen LogP contribution is -1.87. The van der Waals surface area contributed by atoms with Gasteiger partial charge in [0.05, 0.1) is 6.61 Å². The molecule has 0 aliphatic heterocycles. The first-order valence-corrected chi connectivity index (χ1v) is 5.90. The summed E-state index contributed by atoms with van der Waals surface area (Å²) in [5, 5.41) is 9.83. The summed E-state index contributed by atoms with van der Waals surface area (Å²) in [6, 6.07) is 11.5. The van der Waals surface area contributed by atoms with Gasteiger partial charge in [0.2, 0.25) is 0 Å². The molecule has 1 nitrogen and oxygen atoms in total. The minimum absolute atomic E-state index is 0.0414. The molecular formula is C15H12ClFO. The second kappa shape index (κ2) is 5.80. The van der Waals surface area contributed by atoms with Crippen LogP contribution in [0.3, 0.4) is 0 Å². The van der Waals surface area contributed by atoms with Crippen LogP contribution in [0.1, 0.15) is 16.7 Å². The van der Waals surface area contributed by atoms with Gasteiger partial charge in [0.1, 0.15) is 5.82 Å². The average Bonchev–Trinajstić information content (AvgIpc) is 2.38. The predicted octanol–water partition coefficient (Wildman–Crippen LogP) is 4.14. The fourth-order valence-corrected chi connectivity index (χ4v) is 1.81. The van der Waals surface area contributed by atoms with Crippen LogP contribution in [0.5, 0.6) is 0 Å². The number of hydrogen-bond acceptors (Lipinski definition) is 1. The molecule has 0 aliphatic rings. The lowest BCUT2D eigenvalue weighted by molar-refractivity contribution is 0.281. The summed E-state index contributed by atoms with van der Waals surface area (Å²) in [4.78, 5) is 0. The van der Waals surface area contributed by atoms with Gasteiger partial charge in [-0.3, -0.25) is 0 Å². The van der Waals surface area contributed by atoms with Gasteiger partial charge in [-0.15, -0.1) is 0 Å². The van der Waals surface area contributed by atoms with E-state index in [2.05, 4.69) is 0 Å². The zero-order chi connectivity index (χ0) is 13.0. The van der Waals surface area contributed by atoms with Crippen molar-refractivity contribution in [2.45, 2.75) is 6.61 Å². The van der Waals surface area contributed by atoms with Crippen LogP contribution in [0.2, 0.25) is 5.02 Å². The van der Waals surface area contributed by atoms with E-state index in [9.17, 15) is 9.50 Å². The molecule has 0 aromatic heterocycles. The van der Waals surface area contributed by atoms with Gasteiger partial charge in [0.15, 0.2) is 0 Å².